The molecular formula is C27H26N4O5. The molecule has 3 aromatic rings. The first-order valence-electron chi connectivity index (χ1n) is 11.5. The van der Waals surface area contributed by atoms with Gasteiger partial charge in [-0.25, -0.2) is 5.01 Å². The van der Waals surface area contributed by atoms with Crippen molar-refractivity contribution in [2.45, 2.75) is 26.4 Å². The molecule has 0 atom stereocenters. The maximum Gasteiger partial charge on any atom is 0.285 e. The second-order valence-corrected chi connectivity index (χ2v) is 7.89. The molecule has 36 heavy (non-hydrogen) atoms. The Hall–Kier alpha value is -4.66. The molecule has 1 aliphatic heterocycles. The number of ether oxygens (including phenoxy) is 2. The van der Waals surface area contributed by atoms with Crippen LogP contribution in [0, 0.1) is 0 Å². The average molecular weight is 487 g/mol. The van der Waals surface area contributed by atoms with E-state index in [1.165, 1.54) is 5.01 Å². The van der Waals surface area contributed by atoms with Gasteiger partial charge < -0.3 is 9.47 Å². The molecule has 0 bridgehead atoms. The fraction of sp³-hybridized carbons (Fsp3) is 0.185. The maximum atomic E-state index is 12.5. The summed E-state index contributed by atoms with van der Waals surface area (Å²) >= 11 is 0. The molecule has 0 radical (unpaired) electrons. The number of hydrogen-bond donors (Lipinski definition) is 2. The van der Waals surface area contributed by atoms with Crippen LogP contribution in [0.4, 0.5) is 5.69 Å². The van der Waals surface area contributed by atoms with Gasteiger partial charge in [0, 0.05) is 18.4 Å². The third-order valence-electron chi connectivity index (χ3n) is 5.34. The number of amides is 3. The first-order valence-corrected chi connectivity index (χ1v) is 11.5. The average Bonchev–Trinajstić information content (AvgIpc) is 2.92. The van der Waals surface area contributed by atoms with Gasteiger partial charge in [-0.15, -0.1) is 0 Å². The lowest BCUT2D eigenvalue weighted by atomic mass is 10.1. The van der Waals surface area contributed by atoms with Crippen LogP contribution in [0.1, 0.15) is 35.7 Å². The summed E-state index contributed by atoms with van der Waals surface area (Å²) in [5.41, 5.74) is 6.73. The molecule has 1 heterocycles. The van der Waals surface area contributed by atoms with Gasteiger partial charge in [0.1, 0.15) is 23.8 Å². The van der Waals surface area contributed by atoms with E-state index in [9.17, 15) is 14.4 Å². The van der Waals surface area contributed by atoms with Gasteiger partial charge in [-0.05, 0) is 61.0 Å². The summed E-state index contributed by atoms with van der Waals surface area (Å²) in [6, 6.07) is 23.1. The SMILES string of the molecule is CCOc1ccc(OCc2ccc(C(=O)NNC(=O)C3=NN(c4ccccc4)C(=O)CC3)cc2)cc1. The predicted molar refractivity (Wildman–Crippen MR) is 135 cm³/mol. The van der Waals surface area contributed by atoms with Gasteiger partial charge in [0.25, 0.3) is 11.8 Å². The molecule has 0 saturated carbocycles. The topological polar surface area (TPSA) is 109 Å². The Kier molecular flexibility index (Phi) is 7.92. The van der Waals surface area contributed by atoms with Crippen LogP contribution in [0.25, 0.3) is 0 Å². The largest absolute Gasteiger partial charge is 0.494 e. The summed E-state index contributed by atoms with van der Waals surface area (Å²) in [5.74, 6) is 0.242. The summed E-state index contributed by atoms with van der Waals surface area (Å²) in [6.45, 7) is 2.87. The van der Waals surface area contributed by atoms with Crippen molar-refractivity contribution in [1.29, 1.82) is 0 Å². The summed E-state index contributed by atoms with van der Waals surface area (Å²) < 4.78 is 11.2. The van der Waals surface area contributed by atoms with Crippen molar-refractivity contribution in [1.82, 2.24) is 10.9 Å². The van der Waals surface area contributed by atoms with Crippen LogP contribution in [0.3, 0.4) is 0 Å². The zero-order valence-electron chi connectivity index (χ0n) is 19.8. The number of carbonyl (C=O) groups excluding carboxylic acids is 3. The molecule has 0 aliphatic carbocycles. The summed E-state index contributed by atoms with van der Waals surface area (Å²) in [7, 11) is 0. The van der Waals surface area contributed by atoms with E-state index in [1.54, 1.807) is 48.5 Å². The van der Waals surface area contributed by atoms with E-state index in [4.69, 9.17) is 9.47 Å². The van der Waals surface area contributed by atoms with Crippen LogP contribution >= 0.6 is 0 Å². The van der Waals surface area contributed by atoms with Crippen molar-refractivity contribution in [3.8, 4) is 11.5 Å². The normalized spacial score (nSPS) is 13.0. The molecule has 0 unspecified atom stereocenters. The third kappa shape index (κ3) is 6.26. The van der Waals surface area contributed by atoms with E-state index >= 15 is 0 Å². The minimum absolute atomic E-state index is 0.148. The lowest BCUT2D eigenvalue weighted by molar-refractivity contribution is -0.119. The molecule has 184 valence electrons. The van der Waals surface area contributed by atoms with Crippen molar-refractivity contribution in [3.63, 3.8) is 0 Å². The molecule has 2 N–H and O–H groups in total. The summed E-state index contributed by atoms with van der Waals surface area (Å²) in [4.78, 5) is 37.2. The van der Waals surface area contributed by atoms with Gasteiger partial charge in [0.2, 0.25) is 5.91 Å². The molecule has 9 heteroatoms. The van der Waals surface area contributed by atoms with E-state index in [0.717, 1.165) is 11.3 Å². The van der Waals surface area contributed by atoms with E-state index < -0.39 is 11.8 Å². The Labute approximate surface area is 208 Å². The maximum absolute atomic E-state index is 12.5. The van der Waals surface area contributed by atoms with Crippen molar-refractivity contribution in [3.05, 3.63) is 90.0 Å². The van der Waals surface area contributed by atoms with Gasteiger partial charge >= 0.3 is 0 Å². The van der Waals surface area contributed by atoms with Crippen LogP contribution in [0.15, 0.2) is 84.0 Å². The van der Waals surface area contributed by atoms with E-state index in [2.05, 4.69) is 16.0 Å². The Morgan fingerprint density at radius 3 is 2.14 bits per heavy atom. The van der Waals surface area contributed by atoms with E-state index in [1.807, 2.05) is 37.3 Å². The second-order valence-electron chi connectivity index (χ2n) is 7.89. The van der Waals surface area contributed by atoms with Gasteiger partial charge in [0.15, 0.2) is 0 Å². The lowest BCUT2D eigenvalue weighted by Gasteiger charge is -2.23. The quantitative estimate of drug-likeness (QED) is 0.473. The third-order valence-corrected chi connectivity index (χ3v) is 5.34. The highest BCUT2D eigenvalue weighted by Gasteiger charge is 2.25. The van der Waals surface area contributed by atoms with E-state index in [-0.39, 0.29) is 24.5 Å². The Morgan fingerprint density at radius 2 is 1.47 bits per heavy atom. The molecule has 0 aromatic heterocycles. The number of rotatable bonds is 8. The number of hydrazine groups is 1. The minimum atomic E-state index is -0.572. The number of nitrogens with one attached hydrogen (secondary N) is 2. The summed E-state index contributed by atoms with van der Waals surface area (Å²) in [5, 5.41) is 5.37. The number of carbonyl (C=O) groups is 3. The summed E-state index contributed by atoms with van der Waals surface area (Å²) in [6.07, 6.45) is 0.336. The number of hydrazone groups is 1. The second kappa shape index (κ2) is 11.7. The molecule has 0 spiro atoms. The fourth-order valence-corrected chi connectivity index (χ4v) is 3.46. The van der Waals surface area contributed by atoms with Crippen molar-refractivity contribution in [2.75, 3.05) is 11.6 Å². The molecule has 3 aromatic carbocycles. The van der Waals surface area contributed by atoms with Gasteiger partial charge in [-0.2, -0.15) is 5.10 Å². The van der Waals surface area contributed by atoms with Crippen molar-refractivity contribution < 1.29 is 23.9 Å². The van der Waals surface area contributed by atoms with Crippen molar-refractivity contribution in [2.24, 2.45) is 5.10 Å². The molecule has 1 aliphatic rings. The van der Waals surface area contributed by atoms with Crippen LogP contribution in [-0.2, 0) is 16.2 Å². The standard InChI is InChI=1S/C27H26N4O5/c1-2-35-22-12-14-23(15-13-22)36-18-19-8-10-20(11-9-19)26(33)28-29-27(34)24-16-17-25(32)31(30-24)21-6-4-3-5-7-21/h3-15H,2,16-18H2,1H3,(H,28,33)(H,29,34). The highest BCUT2D eigenvalue weighted by atomic mass is 16.5. The number of anilines is 1. The Morgan fingerprint density at radius 1 is 0.833 bits per heavy atom. The van der Waals surface area contributed by atoms with Crippen LogP contribution in [0.5, 0.6) is 11.5 Å². The zero-order valence-corrected chi connectivity index (χ0v) is 19.8. The van der Waals surface area contributed by atoms with Gasteiger partial charge in [-0.3, -0.25) is 25.2 Å². The van der Waals surface area contributed by atoms with Crippen LogP contribution in [-0.4, -0.2) is 30.0 Å². The minimum Gasteiger partial charge on any atom is -0.494 e. The molecule has 3 amide bonds. The highest BCUT2D eigenvalue weighted by molar-refractivity contribution is 6.40. The Balaban J connectivity index is 1.28. The number of nitrogens with zero attached hydrogens (tertiary/aromatic N) is 2. The molecule has 0 saturated heterocycles. The number of benzene rings is 3. The monoisotopic (exact) mass is 486 g/mol. The van der Waals surface area contributed by atoms with Crippen LogP contribution in [0.2, 0.25) is 0 Å². The molecular weight excluding hydrogens is 460 g/mol. The molecule has 4 rings (SSSR count). The first-order chi connectivity index (χ1) is 17.5. The van der Waals surface area contributed by atoms with E-state index in [0.29, 0.717) is 30.2 Å². The van der Waals surface area contributed by atoms with Crippen LogP contribution < -0.4 is 25.3 Å². The number of para-hydroxylation sites is 1. The number of hydrogen-bond acceptors (Lipinski definition) is 6. The molecule has 0 fully saturated rings. The highest BCUT2D eigenvalue weighted by Crippen LogP contribution is 2.20. The smallest absolute Gasteiger partial charge is 0.285 e. The van der Waals surface area contributed by atoms with Gasteiger partial charge in [-0.1, -0.05) is 30.3 Å². The Bertz CT molecular complexity index is 1240. The van der Waals surface area contributed by atoms with Gasteiger partial charge in [0.05, 0.1) is 12.3 Å². The van der Waals surface area contributed by atoms with Crippen molar-refractivity contribution >= 4 is 29.1 Å². The predicted octanol–water partition coefficient (Wildman–Crippen LogP) is 3.61. The molecule has 9 nitrogen and oxygen atoms in total. The zero-order chi connectivity index (χ0) is 25.3. The first kappa shape index (κ1) is 24.5. The fourth-order valence-electron chi connectivity index (χ4n) is 3.46. The lowest BCUT2D eigenvalue weighted by Crippen LogP contribution is -2.47.